The Morgan fingerprint density at radius 1 is 0.566 bits per heavy atom. The lowest BCUT2D eigenvalue weighted by atomic mass is 9.45. The lowest BCUT2D eigenvalue weighted by molar-refractivity contribution is -0.174. The smallest absolute Gasteiger partial charge is 0.303 e. The quantitative estimate of drug-likeness (QED) is 0.176. The Morgan fingerprint density at radius 2 is 1.11 bits per heavy atom. The van der Waals surface area contributed by atoms with E-state index in [1.54, 1.807) is 0 Å². The van der Waals surface area contributed by atoms with E-state index in [0.717, 1.165) is 57.3 Å². The molecule has 8 saturated carbocycles. The van der Waals surface area contributed by atoms with Crippen molar-refractivity contribution < 1.29 is 44.2 Å². The predicted octanol–water partition coefficient (Wildman–Crippen LogP) is 6.84. The van der Waals surface area contributed by atoms with Crippen LogP contribution < -0.4 is 0 Å². The van der Waals surface area contributed by atoms with E-state index in [2.05, 4.69) is 27.7 Å². The Kier molecular flexibility index (Phi) is 11.2. The van der Waals surface area contributed by atoms with Gasteiger partial charge in [0.15, 0.2) is 0 Å². The third-order valence-electron chi connectivity index (χ3n) is 18.1. The average Bonchev–Trinajstić information content (AvgIpc) is 3.69. The first-order valence-electron chi connectivity index (χ1n) is 20.7. The summed E-state index contributed by atoms with van der Waals surface area (Å²) in [5.41, 5.74) is 0.236. The largest absolute Gasteiger partial charge is 0.459 e. The van der Waals surface area contributed by atoms with Gasteiger partial charge in [-0.15, -0.1) is 0 Å². The summed E-state index contributed by atoms with van der Waals surface area (Å²) in [6.45, 7) is 12.2. The molecule has 8 aliphatic carbocycles. The van der Waals surface area contributed by atoms with Gasteiger partial charge < -0.3 is 34.6 Å². The first-order chi connectivity index (χ1) is 24.0. The van der Waals surface area contributed by atoms with Gasteiger partial charge in [-0.1, -0.05) is 42.5 Å². The van der Waals surface area contributed by atoms with Gasteiger partial charge in [0.2, 0.25) is 0 Å². The molecule has 1 saturated heterocycles. The molecule has 9 aliphatic rings. The number of carbonyl (C=O) groups is 2. The van der Waals surface area contributed by atoms with Crippen LogP contribution in [0.2, 0.25) is 0 Å². The normalized spacial score (nSPS) is 55.5. The van der Waals surface area contributed by atoms with E-state index in [0.29, 0.717) is 65.5 Å². The van der Waals surface area contributed by atoms with Gasteiger partial charge >= 0.3 is 11.9 Å². The second-order valence-corrected chi connectivity index (χ2v) is 20.3. The van der Waals surface area contributed by atoms with Crippen molar-refractivity contribution >= 4 is 11.9 Å². The molecule has 0 aromatic carbocycles. The molecule has 20 atom stereocenters. The van der Waals surface area contributed by atoms with Crippen LogP contribution in [-0.4, -0.2) is 81.2 Å². The summed E-state index contributed by atoms with van der Waals surface area (Å²) in [5, 5.41) is 41.1. The van der Waals surface area contributed by atoms with Crippen molar-refractivity contribution in [2.45, 2.75) is 195 Å². The second kappa shape index (κ2) is 14.3. The molecular weight excluding hydrogens is 672 g/mol. The highest BCUT2D eigenvalue weighted by Crippen LogP contribution is 2.69. The number of aliphatic hydroxyl groups is 4. The Morgan fingerprint density at radius 3 is 1.72 bits per heavy atom. The number of hydrogen-bond acceptors (Lipinski definition) is 9. The van der Waals surface area contributed by atoms with Crippen molar-refractivity contribution in [3.8, 4) is 0 Å². The molecule has 53 heavy (non-hydrogen) atoms. The molecular formula is C44H74O9. The van der Waals surface area contributed by atoms with Crippen LogP contribution in [0.4, 0.5) is 0 Å². The maximum atomic E-state index is 11.8. The van der Waals surface area contributed by atoms with Gasteiger partial charge in [0.1, 0.15) is 12.2 Å². The number of epoxide rings is 1. The van der Waals surface area contributed by atoms with Crippen molar-refractivity contribution in [1.82, 2.24) is 0 Å². The van der Waals surface area contributed by atoms with E-state index >= 15 is 0 Å². The highest BCUT2D eigenvalue weighted by atomic mass is 16.6. The van der Waals surface area contributed by atoms with Crippen LogP contribution >= 0.6 is 0 Å². The van der Waals surface area contributed by atoms with Gasteiger partial charge in [-0.25, -0.2) is 0 Å². The molecule has 1 aliphatic heterocycles. The second-order valence-electron chi connectivity index (χ2n) is 20.3. The lowest BCUT2D eigenvalue weighted by Crippen LogP contribution is -2.57. The molecule has 9 rings (SSSR count). The van der Waals surface area contributed by atoms with Crippen LogP contribution in [-0.2, 0) is 23.8 Å². The molecule has 0 aromatic rings. The molecule has 4 N–H and O–H groups in total. The Hall–Kier alpha value is -1.26. The molecule has 12 unspecified atom stereocenters. The minimum absolute atomic E-state index is 0. The third kappa shape index (κ3) is 6.45. The Labute approximate surface area is 319 Å². The Bertz CT molecular complexity index is 1370. The summed E-state index contributed by atoms with van der Waals surface area (Å²) in [4.78, 5) is 23.6. The van der Waals surface area contributed by atoms with Crippen LogP contribution in [0.25, 0.3) is 0 Å². The summed E-state index contributed by atoms with van der Waals surface area (Å²) >= 11 is 0. The number of esters is 2. The zero-order valence-electron chi connectivity index (χ0n) is 32.0. The zero-order valence-corrected chi connectivity index (χ0v) is 32.0. The number of fused-ring (bicyclic) bond motifs is 11. The van der Waals surface area contributed by atoms with E-state index < -0.39 is 24.4 Å². The predicted molar refractivity (Wildman–Crippen MR) is 202 cm³/mol. The fraction of sp³-hybridized carbons (Fsp3) is 0.955. The van der Waals surface area contributed by atoms with Crippen molar-refractivity contribution in [2.24, 2.45) is 69.0 Å². The number of hydrogen-bond donors (Lipinski definition) is 4. The van der Waals surface area contributed by atoms with Gasteiger partial charge in [0, 0.05) is 19.3 Å². The number of rotatable bonds is 2. The van der Waals surface area contributed by atoms with Crippen LogP contribution in [0.5, 0.6) is 0 Å². The fourth-order valence-corrected chi connectivity index (χ4v) is 15.4. The molecule has 304 valence electrons. The first kappa shape index (κ1) is 41.4. The molecule has 0 aromatic heterocycles. The molecule has 9 nitrogen and oxygen atoms in total. The van der Waals surface area contributed by atoms with E-state index in [-0.39, 0.29) is 55.2 Å². The lowest BCUT2D eigenvalue weighted by Gasteiger charge is -2.61. The summed E-state index contributed by atoms with van der Waals surface area (Å²) < 4.78 is 17.4. The standard InChI is InChI=1S/C23H34O5.C19H32O4.2CH4/c1-12(24)26-19-10-17-15-6-5-14-9-18-20(28-18)11-23(14,4)16(15)7-8-22(17,3)21(19)27-13(2)25;1-18-6-5-12-11(13(18)8-15(21)17(18)23)4-3-10-7-14(20)16(22)9-19(10,12)2;;/h14-21H,5-11H2,1-4H3;10-17,20-23H,3-9H2,1-2H3;2*1H4/t14?,15?,16?,17?,18-,19+,20+,21-,22?,23?;10?,11?,12?,13?,14-,15+,16-,17-,18?,19?;;/m00../s1. The minimum atomic E-state index is -0.594. The van der Waals surface area contributed by atoms with Gasteiger partial charge in [0.25, 0.3) is 0 Å². The van der Waals surface area contributed by atoms with Gasteiger partial charge in [-0.2, -0.15) is 0 Å². The minimum Gasteiger partial charge on any atom is -0.459 e. The van der Waals surface area contributed by atoms with Crippen LogP contribution in [0, 0.1) is 69.0 Å². The summed E-state index contributed by atoms with van der Waals surface area (Å²) in [7, 11) is 0. The van der Waals surface area contributed by atoms with E-state index in [1.165, 1.54) is 46.0 Å². The van der Waals surface area contributed by atoms with Crippen molar-refractivity contribution in [2.75, 3.05) is 0 Å². The number of aliphatic hydroxyl groups excluding tert-OH is 4. The molecule has 0 radical (unpaired) electrons. The fourth-order valence-electron chi connectivity index (χ4n) is 15.4. The van der Waals surface area contributed by atoms with Gasteiger partial charge in [0.05, 0.1) is 36.6 Å². The molecule has 1 heterocycles. The topological polar surface area (TPSA) is 146 Å². The van der Waals surface area contributed by atoms with Crippen molar-refractivity contribution in [3.05, 3.63) is 0 Å². The zero-order chi connectivity index (χ0) is 36.4. The van der Waals surface area contributed by atoms with Gasteiger partial charge in [-0.3, -0.25) is 9.59 Å². The summed E-state index contributed by atoms with van der Waals surface area (Å²) in [6, 6.07) is 0. The molecule has 0 bridgehead atoms. The van der Waals surface area contributed by atoms with Crippen LogP contribution in [0.15, 0.2) is 0 Å². The van der Waals surface area contributed by atoms with E-state index in [4.69, 9.17) is 14.2 Å². The maximum absolute atomic E-state index is 11.8. The maximum Gasteiger partial charge on any atom is 0.303 e. The van der Waals surface area contributed by atoms with Crippen molar-refractivity contribution in [3.63, 3.8) is 0 Å². The Balaban J connectivity index is 0.000000178. The SMILES string of the molecule is C.C.CC(=O)O[C@@H]1CC2C3CCC4C[C@@H]5O[C@@H]5CC4(C)C3CCC2(C)[C@H]1OC(C)=O.CC12C[C@H](O)[C@@H](O)CC1CCC1C2CCC2(C)C1C[C@@H](O)[C@@H]2O. The van der Waals surface area contributed by atoms with Crippen LogP contribution in [0.3, 0.4) is 0 Å². The monoisotopic (exact) mass is 747 g/mol. The average molecular weight is 747 g/mol. The number of ether oxygens (including phenoxy) is 3. The van der Waals surface area contributed by atoms with Crippen molar-refractivity contribution in [1.29, 1.82) is 0 Å². The van der Waals surface area contributed by atoms with E-state index in [9.17, 15) is 30.0 Å². The molecule has 0 spiro atoms. The number of carbonyl (C=O) groups excluding carboxylic acids is 2. The van der Waals surface area contributed by atoms with Gasteiger partial charge in [-0.05, 0) is 153 Å². The summed E-state index contributed by atoms with van der Waals surface area (Å²) in [5.74, 6) is 4.04. The van der Waals surface area contributed by atoms with Crippen LogP contribution in [0.1, 0.15) is 146 Å². The molecule has 9 heteroatoms. The molecule has 9 fully saturated rings. The molecule has 0 amide bonds. The first-order valence-corrected chi connectivity index (χ1v) is 20.7. The highest BCUT2D eigenvalue weighted by Gasteiger charge is 2.67. The summed E-state index contributed by atoms with van der Waals surface area (Å²) in [6.07, 6.45) is 12.6. The third-order valence-corrected chi connectivity index (χ3v) is 18.1. The van der Waals surface area contributed by atoms with E-state index in [1.807, 2.05) is 0 Å². The highest BCUT2D eigenvalue weighted by molar-refractivity contribution is 5.67.